The molecule has 0 aromatic heterocycles. The van der Waals surface area contributed by atoms with Crippen molar-refractivity contribution in [1.29, 1.82) is 0 Å². The Hall–Kier alpha value is -2.37. The molecule has 5 heteroatoms. The lowest BCUT2D eigenvalue weighted by Gasteiger charge is -2.29. The molecule has 2 aromatic rings. The van der Waals surface area contributed by atoms with Crippen LogP contribution in [0, 0.1) is 0 Å². The van der Waals surface area contributed by atoms with Crippen molar-refractivity contribution in [3.63, 3.8) is 0 Å². The summed E-state index contributed by atoms with van der Waals surface area (Å²) in [4.78, 5) is 14.9. The molecule has 27 heavy (non-hydrogen) atoms. The van der Waals surface area contributed by atoms with Crippen molar-refractivity contribution in [2.45, 2.75) is 18.9 Å². The van der Waals surface area contributed by atoms with Crippen LogP contribution in [0.4, 0.5) is 5.69 Å². The molecular weight excluding hydrogens is 338 g/mol. The van der Waals surface area contributed by atoms with E-state index in [9.17, 15) is 4.79 Å². The fourth-order valence-corrected chi connectivity index (χ4v) is 3.76. The van der Waals surface area contributed by atoms with Gasteiger partial charge in [-0.1, -0.05) is 24.3 Å². The van der Waals surface area contributed by atoms with Crippen molar-refractivity contribution in [2.75, 3.05) is 44.2 Å². The topological polar surface area (TPSA) is 53.6 Å². The number of hydrogen-bond acceptors (Lipinski definition) is 4. The lowest BCUT2D eigenvalue weighted by molar-refractivity contribution is 0.0858. The second-order valence-electron chi connectivity index (χ2n) is 7.21. The van der Waals surface area contributed by atoms with Gasteiger partial charge in [0.1, 0.15) is 0 Å². The first-order valence-corrected chi connectivity index (χ1v) is 9.85. The predicted molar refractivity (Wildman–Crippen MR) is 108 cm³/mol. The third-order valence-corrected chi connectivity index (χ3v) is 5.30. The van der Waals surface area contributed by atoms with Crippen LogP contribution in [0.5, 0.6) is 0 Å². The van der Waals surface area contributed by atoms with E-state index >= 15 is 0 Å². The zero-order valence-corrected chi connectivity index (χ0v) is 15.6. The number of benzene rings is 2. The van der Waals surface area contributed by atoms with Gasteiger partial charge in [0.05, 0.1) is 6.10 Å². The first-order valence-electron chi connectivity index (χ1n) is 9.85. The molecule has 142 valence electrons. The highest BCUT2D eigenvalue weighted by Gasteiger charge is 2.17. The van der Waals surface area contributed by atoms with Gasteiger partial charge in [-0.3, -0.25) is 4.79 Å². The molecular formula is C22H27N3O2. The average molecular weight is 365 g/mol. The second kappa shape index (κ2) is 8.55. The highest BCUT2D eigenvalue weighted by molar-refractivity contribution is 5.95. The molecule has 2 N–H and O–H groups in total. The summed E-state index contributed by atoms with van der Waals surface area (Å²) in [6.45, 7) is 5.47. The maximum atomic E-state index is 12.5. The van der Waals surface area contributed by atoms with Crippen LogP contribution in [0.3, 0.4) is 0 Å². The Labute approximate surface area is 160 Å². The van der Waals surface area contributed by atoms with Crippen LogP contribution >= 0.6 is 0 Å². The Bertz CT molecular complexity index is 781. The van der Waals surface area contributed by atoms with E-state index < -0.39 is 0 Å². The van der Waals surface area contributed by atoms with Gasteiger partial charge in [-0.05, 0) is 48.2 Å². The number of rotatable bonds is 5. The number of anilines is 1. The number of nitrogens with one attached hydrogen (secondary N) is 2. The van der Waals surface area contributed by atoms with Gasteiger partial charge in [0.25, 0.3) is 5.91 Å². The molecule has 0 saturated carbocycles. The SMILES string of the molecule is O=C(NC[C@@H]1CCCO1)c1cccc(-c2cccc(N3CCNCC3)c2)c1. The average Bonchev–Trinajstić information content (AvgIpc) is 3.26. The van der Waals surface area contributed by atoms with E-state index in [1.165, 1.54) is 5.69 Å². The molecule has 0 radical (unpaired) electrons. The smallest absolute Gasteiger partial charge is 0.251 e. The number of hydrogen-bond donors (Lipinski definition) is 2. The molecule has 2 heterocycles. The monoisotopic (exact) mass is 365 g/mol. The number of carbonyl (C=O) groups is 1. The fourth-order valence-electron chi connectivity index (χ4n) is 3.76. The molecule has 5 nitrogen and oxygen atoms in total. The van der Waals surface area contributed by atoms with E-state index in [4.69, 9.17) is 4.74 Å². The van der Waals surface area contributed by atoms with Gasteiger partial charge >= 0.3 is 0 Å². The van der Waals surface area contributed by atoms with E-state index in [1.807, 2.05) is 18.2 Å². The zero-order chi connectivity index (χ0) is 18.5. The number of nitrogens with zero attached hydrogens (tertiary/aromatic N) is 1. The molecule has 0 spiro atoms. The Morgan fingerprint density at radius 1 is 1.11 bits per heavy atom. The summed E-state index contributed by atoms with van der Waals surface area (Å²) in [6, 6.07) is 16.4. The number of ether oxygens (including phenoxy) is 1. The highest BCUT2D eigenvalue weighted by atomic mass is 16.5. The van der Waals surface area contributed by atoms with Crippen LogP contribution in [0.2, 0.25) is 0 Å². The molecule has 2 aromatic carbocycles. The Morgan fingerprint density at radius 2 is 1.89 bits per heavy atom. The number of carbonyl (C=O) groups excluding carboxylic acids is 1. The summed E-state index contributed by atoms with van der Waals surface area (Å²) in [5.74, 6) is -0.0365. The lowest BCUT2D eigenvalue weighted by atomic mass is 10.0. The molecule has 4 rings (SSSR count). The molecule has 1 amide bonds. The maximum absolute atomic E-state index is 12.5. The highest BCUT2D eigenvalue weighted by Crippen LogP contribution is 2.26. The van der Waals surface area contributed by atoms with Gasteiger partial charge in [-0.25, -0.2) is 0 Å². The van der Waals surface area contributed by atoms with Crippen LogP contribution < -0.4 is 15.5 Å². The van der Waals surface area contributed by atoms with Gasteiger partial charge in [-0.2, -0.15) is 0 Å². The van der Waals surface area contributed by atoms with Crippen molar-refractivity contribution >= 4 is 11.6 Å². The van der Waals surface area contributed by atoms with E-state index in [0.717, 1.165) is 56.8 Å². The lowest BCUT2D eigenvalue weighted by Crippen LogP contribution is -2.43. The molecule has 0 unspecified atom stereocenters. The summed E-state index contributed by atoms with van der Waals surface area (Å²) >= 11 is 0. The maximum Gasteiger partial charge on any atom is 0.251 e. The van der Waals surface area contributed by atoms with E-state index in [2.05, 4.69) is 45.9 Å². The second-order valence-corrected chi connectivity index (χ2v) is 7.21. The van der Waals surface area contributed by atoms with Crippen LogP contribution in [0.1, 0.15) is 23.2 Å². The van der Waals surface area contributed by atoms with Gasteiger partial charge in [0.15, 0.2) is 0 Å². The van der Waals surface area contributed by atoms with E-state index in [-0.39, 0.29) is 12.0 Å². The van der Waals surface area contributed by atoms with Crippen molar-refractivity contribution in [1.82, 2.24) is 10.6 Å². The number of amides is 1. The molecule has 2 fully saturated rings. The van der Waals surface area contributed by atoms with Crippen molar-refractivity contribution < 1.29 is 9.53 Å². The predicted octanol–water partition coefficient (Wildman–Crippen LogP) is 2.67. The van der Waals surface area contributed by atoms with Crippen LogP contribution in [-0.4, -0.2) is 51.3 Å². The first kappa shape index (κ1) is 18.0. The molecule has 0 aliphatic carbocycles. The molecule has 1 atom stereocenters. The molecule has 2 saturated heterocycles. The molecule has 2 aliphatic heterocycles. The number of piperazine rings is 1. The summed E-state index contributed by atoms with van der Waals surface area (Å²) < 4.78 is 5.58. The van der Waals surface area contributed by atoms with Crippen molar-refractivity contribution in [3.05, 3.63) is 54.1 Å². The summed E-state index contributed by atoms with van der Waals surface area (Å²) in [5, 5.41) is 6.39. The largest absolute Gasteiger partial charge is 0.376 e. The van der Waals surface area contributed by atoms with E-state index in [1.54, 1.807) is 0 Å². The minimum Gasteiger partial charge on any atom is -0.376 e. The standard InChI is InChI=1S/C22H27N3O2/c26-22(24-16-21-8-3-13-27-21)19-6-1-4-17(14-19)18-5-2-7-20(15-18)25-11-9-23-10-12-25/h1-2,4-7,14-15,21,23H,3,8-13,16H2,(H,24,26)/t21-/m0/s1. The normalized spacial score (nSPS) is 19.9. The van der Waals surface area contributed by atoms with Gasteiger partial charge in [-0.15, -0.1) is 0 Å². The molecule has 0 bridgehead atoms. The van der Waals surface area contributed by atoms with Crippen LogP contribution in [-0.2, 0) is 4.74 Å². The summed E-state index contributed by atoms with van der Waals surface area (Å²) in [6.07, 6.45) is 2.27. The Kier molecular flexibility index (Phi) is 5.70. The summed E-state index contributed by atoms with van der Waals surface area (Å²) in [7, 11) is 0. The van der Waals surface area contributed by atoms with Crippen LogP contribution in [0.25, 0.3) is 11.1 Å². The minimum atomic E-state index is -0.0365. The van der Waals surface area contributed by atoms with E-state index in [0.29, 0.717) is 12.1 Å². The van der Waals surface area contributed by atoms with Crippen LogP contribution in [0.15, 0.2) is 48.5 Å². The van der Waals surface area contributed by atoms with Gasteiger partial charge < -0.3 is 20.3 Å². The molecule has 2 aliphatic rings. The third kappa shape index (κ3) is 4.49. The van der Waals surface area contributed by atoms with Gasteiger partial charge in [0, 0.05) is 50.6 Å². The first-order chi connectivity index (χ1) is 13.3. The van der Waals surface area contributed by atoms with Gasteiger partial charge in [0.2, 0.25) is 0 Å². The Balaban J connectivity index is 1.47. The third-order valence-electron chi connectivity index (χ3n) is 5.30. The summed E-state index contributed by atoms with van der Waals surface area (Å²) in [5.41, 5.74) is 4.14. The fraction of sp³-hybridized carbons (Fsp3) is 0.409. The van der Waals surface area contributed by atoms with Crippen molar-refractivity contribution in [2.24, 2.45) is 0 Å². The zero-order valence-electron chi connectivity index (χ0n) is 15.6. The van der Waals surface area contributed by atoms with Crippen molar-refractivity contribution in [3.8, 4) is 11.1 Å². The Morgan fingerprint density at radius 3 is 2.67 bits per heavy atom. The minimum absolute atomic E-state index is 0.0365. The quantitative estimate of drug-likeness (QED) is 0.855.